The van der Waals surface area contributed by atoms with Crippen molar-refractivity contribution in [3.63, 3.8) is 0 Å². The maximum absolute atomic E-state index is 11.7. The highest BCUT2D eigenvalue weighted by Crippen LogP contribution is 2.67. The molecule has 3 nitrogen and oxygen atoms in total. The lowest BCUT2D eigenvalue weighted by molar-refractivity contribution is -0.191. The van der Waals surface area contributed by atoms with Crippen LogP contribution < -0.4 is 0 Å². The van der Waals surface area contributed by atoms with Crippen molar-refractivity contribution in [3.05, 3.63) is 0 Å². The summed E-state index contributed by atoms with van der Waals surface area (Å²) < 4.78 is 10.7. The molecule has 3 aliphatic rings. The molecular formula is C10H14O3. The molecule has 0 aromatic heterocycles. The van der Waals surface area contributed by atoms with Crippen molar-refractivity contribution in [2.24, 2.45) is 11.3 Å². The molecule has 3 fully saturated rings. The molecule has 0 aromatic rings. The normalized spacial score (nSPS) is 52.4. The van der Waals surface area contributed by atoms with E-state index in [4.69, 9.17) is 9.47 Å². The van der Waals surface area contributed by atoms with Crippen molar-refractivity contribution in [1.82, 2.24) is 0 Å². The minimum atomic E-state index is -0.245. The molecule has 3 heteroatoms. The van der Waals surface area contributed by atoms with E-state index >= 15 is 0 Å². The van der Waals surface area contributed by atoms with E-state index in [1.54, 1.807) is 7.11 Å². The zero-order valence-electron chi connectivity index (χ0n) is 7.84. The Morgan fingerprint density at radius 1 is 1.62 bits per heavy atom. The van der Waals surface area contributed by atoms with E-state index in [0.717, 1.165) is 19.3 Å². The van der Waals surface area contributed by atoms with Crippen LogP contribution in [-0.2, 0) is 14.3 Å². The van der Waals surface area contributed by atoms with Gasteiger partial charge in [-0.15, -0.1) is 0 Å². The Morgan fingerprint density at radius 2 is 2.46 bits per heavy atom. The molecule has 0 amide bonds. The van der Waals surface area contributed by atoms with Gasteiger partial charge in [0.15, 0.2) is 0 Å². The Balaban J connectivity index is 2.06. The van der Waals surface area contributed by atoms with Gasteiger partial charge in [-0.2, -0.15) is 0 Å². The van der Waals surface area contributed by atoms with Gasteiger partial charge in [-0.25, -0.2) is 0 Å². The van der Waals surface area contributed by atoms with E-state index in [1.807, 2.05) is 0 Å². The van der Waals surface area contributed by atoms with E-state index in [0.29, 0.717) is 12.5 Å². The summed E-state index contributed by atoms with van der Waals surface area (Å²) in [6, 6.07) is 0. The number of hydrogen-bond donors (Lipinski definition) is 0. The predicted molar refractivity (Wildman–Crippen MR) is 45.1 cm³/mol. The standard InChI is InChI=1S/C10H14O3/c1-12-9-5-7-3-2-4-10(7,9)8(11)13-6-9/h7H,2-6H2,1H3/t7-,9+,10+/m1/s1. The van der Waals surface area contributed by atoms with Crippen LogP contribution in [0.5, 0.6) is 0 Å². The van der Waals surface area contributed by atoms with Crippen LogP contribution in [0.15, 0.2) is 0 Å². The fourth-order valence-corrected chi connectivity index (χ4v) is 3.68. The van der Waals surface area contributed by atoms with Gasteiger partial charge in [0.1, 0.15) is 17.6 Å². The maximum Gasteiger partial charge on any atom is 0.315 e. The van der Waals surface area contributed by atoms with Gasteiger partial charge >= 0.3 is 5.97 Å². The van der Waals surface area contributed by atoms with Crippen molar-refractivity contribution in [3.8, 4) is 0 Å². The molecule has 0 aromatic carbocycles. The summed E-state index contributed by atoms with van der Waals surface area (Å²) in [4.78, 5) is 11.7. The fourth-order valence-electron chi connectivity index (χ4n) is 3.68. The first-order chi connectivity index (χ1) is 6.25. The summed E-state index contributed by atoms with van der Waals surface area (Å²) in [5.74, 6) is 0.547. The Morgan fingerprint density at radius 3 is 3.15 bits per heavy atom. The predicted octanol–water partition coefficient (Wildman–Crippen LogP) is 1.12. The minimum absolute atomic E-state index is 0.00287. The van der Waals surface area contributed by atoms with Gasteiger partial charge in [0, 0.05) is 7.11 Å². The quantitative estimate of drug-likeness (QED) is 0.570. The zero-order chi connectivity index (χ0) is 9.10. The Hall–Kier alpha value is -0.570. The number of cyclic esters (lactones) is 1. The second kappa shape index (κ2) is 2.08. The molecule has 72 valence electrons. The smallest absolute Gasteiger partial charge is 0.315 e. The molecule has 1 aliphatic heterocycles. The third-order valence-electron chi connectivity index (χ3n) is 4.40. The van der Waals surface area contributed by atoms with Crippen molar-refractivity contribution < 1.29 is 14.3 Å². The average molecular weight is 182 g/mol. The molecule has 0 bridgehead atoms. The van der Waals surface area contributed by atoms with E-state index in [-0.39, 0.29) is 17.0 Å². The van der Waals surface area contributed by atoms with Gasteiger partial charge in [-0.3, -0.25) is 4.79 Å². The summed E-state index contributed by atoms with van der Waals surface area (Å²) >= 11 is 0. The van der Waals surface area contributed by atoms with Gasteiger partial charge in [-0.1, -0.05) is 6.42 Å². The van der Waals surface area contributed by atoms with Crippen LogP contribution in [0, 0.1) is 11.3 Å². The van der Waals surface area contributed by atoms with Crippen molar-refractivity contribution >= 4 is 5.97 Å². The van der Waals surface area contributed by atoms with E-state index < -0.39 is 0 Å². The van der Waals surface area contributed by atoms with E-state index in [9.17, 15) is 4.79 Å². The van der Waals surface area contributed by atoms with E-state index in [2.05, 4.69) is 0 Å². The lowest BCUT2D eigenvalue weighted by atomic mass is 9.52. The molecule has 0 radical (unpaired) electrons. The highest BCUT2D eigenvalue weighted by atomic mass is 16.6. The molecule has 2 saturated carbocycles. The first-order valence-corrected chi connectivity index (χ1v) is 4.98. The van der Waals surface area contributed by atoms with Crippen LogP contribution >= 0.6 is 0 Å². The molecule has 2 aliphatic carbocycles. The largest absolute Gasteiger partial charge is 0.462 e. The Bertz CT molecular complexity index is 275. The van der Waals surface area contributed by atoms with Crippen LogP contribution in [0.3, 0.4) is 0 Å². The summed E-state index contributed by atoms with van der Waals surface area (Å²) in [6.07, 6.45) is 4.34. The number of methoxy groups -OCH3 is 1. The molecule has 1 heterocycles. The molecular weight excluding hydrogens is 168 g/mol. The zero-order valence-corrected chi connectivity index (χ0v) is 7.84. The Labute approximate surface area is 77.4 Å². The van der Waals surface area contributed by atoms with Crippen LogP contribution in [0.4, 0.5) is 0 Å². The lowest BCUT2D eigenvalue weighted by Crippen LogP contribution is -2.63. The summed E-state index contributed by atoms with van der Waals surface area (Å²) in [7, 11) is 1.71. The lowest BCUT2D eigenvalue weighted by Gasteiger charge is -2.53. The number of ether oxygens (including phenoxy) is 2. The second-order valence-corrected chi connectivity index (χ2v) is 4.54. The van der Waals surface area contributed by atoms with E-state index in [1.165, 1.54) is 6.42 Å². The molecule has 1 spiro atoms. The van der Waals surface area contributed by atoms with Gasteiger partial charge in [0.05, 0.1) is 0 Å². The molecule has 0 N–H and O–H groups in total. The molecule has 0 unspecified atom stereocenters. The molecule has 3 rings (SSSR count). The second-order valence-electron chi connectivity index (χ2n) is 4.54. The van der Waals surface area contributed by atoms with Gasteiger partial charge in [0.25, 0.3) is 0 Å². The third-order valence-corrected chi connectivity index (χ3v) is 4.40. The topological polar surface area (TPSA) is 35.5 Å². The maximum atomic E-state index is 11.7. The van der Waals surface area contributed by atoms with Gasteiger partial charge in [-0.05, 0) is 25.2 Å². The number of hydrogen-bond acceptors (Lipinski definition) is 3. The minimum Gasteiger partial charge on any atom is -0.462 e. The van der Waals surface area contributed by atoms with Gasteiger partial charge < -0.3 is 9.47 Å². The fraction of sp³-hybridized carbons (Fsp3) is 0.900. The summed E-state index contributed by atoms with van der Waals surface area (Å²) in [6.45, 7) is 0.485. The highest BCUT2D eigenvalue weighted by Gasteiger charge is 2.76. The molecule has 1 saturated heterocycles. The Kier molecular flexibility index (Phi) is 1.25. The highest BCUT2D eigenvalue weighted by molar-refractivity contribution is 5.83. The number of carbonyl (C=O) groups is 1. The molecule has 13 heavy (non-hydrogen) atoms. The van der Waals surface area contributed by atoms with Crippen LogP contribution in [0.2, 0.25) is 0 Å². The van der Waals surface area contributed by atoms with Crippen molar-refractivity contribution in [1.29, 1.82) is 0 Å². The summed E-state index contributed by atoms with van der Waals surface area (Å²) in [5, 5.41) is 0. The first-order valence-electron chi connectivity index (χ1n) is 4.98. The SMILES string of the molecule is CO[C@@]12COC(=O)[C@@]13CCC[C@@H]3C2. The van der Waals surface area contributed by atoms with Gasteiger partial charge in [0.2, 0.25) is 0 Å². The van der Waals surface area contributed by atoms with Crippen molar-refractivity contribution in [2.45, 2.75) is 31.3 Å². The first kappa shape index (κ1) is 7.80. The van der Waals surface area contributed by atoms with Crippen LogP contribution in [0.25, 0.3) is 0 Å². The monoisotopic (exact) mass is 182 g/mol. The molecule has 3 atom stereocenters. The average Bonchev–Trinajstić information content (AvgIpc) is 2.56. The van der Waals surface area contributed by atoms with Crippen LogP contribution in [-0.4, -0.2) is 25.3 Å². The van der Waals surface area contributed by atoms with Crippen molar-refractivity contribution in [2.75, 3.05) is 13.7 Å². The number of esters is 1. The summed E-state index contributed by atoms with van der Waals surface area (Å²) in [5.41, 5.74) is -0.479. The number of carbonyl (C=O) groups excluding carboxylic acids is 1. The van der Waals surface area contributed by atoms with Crippen LogP contribution in [0.1, 0.15) is 25.7 Å². The third kappa shape index (κ3) is 0.592. The number of rotatable bonds is 1.